The monoisotopic (exact) mass is 1160 g/mol. The number of rotatable bonds is 5. The second-order valence-corrected chi connectivity index (χ2v) is 11.8. The van der Waals surface area contributed by atoms with Gasteiger partial charge < -0.3 is 44.0 Å². The molecule has 10 rings (SSSR count). The fourth-order valence-electron chi connectivity index (χ4n) is 5.23. The minimum Gasteiger partial charge on any atom is -0.497 e. The number of hydrogen-bond acceptors (Lipinski definition) is 7. The number of imidazole rings is 2. The first-order valence-electron chi connectivity index (χ1n) is 17.3. The predicted molar refractivity (Wildman–Crippen MR) is 208 cm³/mol. The molecule has 0 N–H and O–H groups in total. The number of ether oxygens (including phenoxy) is 1. The van der Waals surface area contributed by atoms with E-state index < -0.39 is 23.3 Å². The topological polar surface area (TPSA) is 125 Å². The van der Waals surface area contributed by atoms with Crippen LogP contribution in [0.25, 0.3) is 56.5 Å². The molecule has 0 amide bonds. The van der Waals surface area contributed by atoms with Gasteiger partial charge in [-0.15, -0.1) is 24.3 Å². The average molecular weight is 1160 g/mol. The molecule has 0 fully saturated rings. The van der Waals surface area contributed by atoms with Crippen molar-refractivity contribution in [1.82, 2.24) is 49.5 Å². The maximum absolute atomic E-state index is 13.4. The van der Waals surface area contributed by atoms with Crippen LogP contribution in [0.1, 0.15) is 0 Å². The maximum Gasteiger partial charge on any atom is 0.113 e. The molecule has 0 saturated carbocycles. The van der Waals surface area contributed by atoms with Gasteiger partial charge >= 0.3 is 0 Å². The molecule has 0 aliphatic heterocycles. The molecule has 6 heterocycles. The molecular weight excluding hydrogens is 1130 g/mol. The Kier molecular flexibility index (Phi) is 15.8. The van der Waals surface area contributed by atoms with Gasteiger partial charge in [0.1, 0.15) is 5.75 Å². The molecule has 306 valence electrons. The summed E-state index contributed by atoms with van der Waals surface area (Å²) in [7, 11) is 1.50. The fourth-order valence-corrected chi connectivity index (χ4v) is 5.23. The molecule has 0 bridgehead atoms. The van der Waals surface area contributed by atoms with Crippen LogP contribution in [0.2, 0.25) is 0 Å². The third kappa shape index (κ3) is 11.3. The van der Waals surface area contributed by atoms with Gasteiger partial charge in [-0.05, 0) is 54.1 Å². The van der Waals surface area contributed by atoms with E-state index in [2.05, 4.69) is 52.2 Å². The van der Waals surface area contributed by atoms with Gasteiger partial charge in [0.15, 0.2) is 0 Å². The zero-order chi connectivity index (χ0) is 40.3. The van der Waals surface area contributed by atoms with Gasteiger partial charge in [0, 0.05) is 122 Å². The van der Waals surface area contributed by atoms with E-state index in [1.807, 2.05) is 73.1 Å². The Morgan fingerprint density at radius 3 is 1.50 bits per heavy atom. The van der Waals surface area contributed by atoms with Crippen molar-refractivity contribution in [2.24, 2.45) is 0 Å². The van der Waals surface area contributed by atoms with Gasteiger partial charge in [-0.2, -0.15) is 0 Å². The summed E-state index contributed by atoms with van der Waals surface area (Å²) in [5.74, 6) is -0.842. The first-order valence-corrected chi connectivity index (χ1v) is 17.3. The van der Waals surface area contributed by atoms with Gasteiger partial charge in [-0.1, -0.05) is 83.9 Å². The van der Waals surface area contributed by atoms with Gasteiger partial charge in [-0.25, -0.2) is 10.2 Å². The Morgan fingerprint density at radius 1 is 0.550 bits per heavy atom. The number of benzene rings is 4. The van der Waals surface area contributed by atoms with Crippen LogP contribution in [0.5, 0.6) is 5.75 Å². The molecular formula is C43H28F4Ir2N10O-4. The van der Waals surface area contributed by atoms with Crippen LogP contribution in [0.3, 0.4) is 0 Å². The van der Waals surface area contributed by atoms with E-state index in [-0.39, 0.29) is 51.3 Å². The van der Waals surface area contributed by atoms with Crippen molar-refractivity contribution in [3.63, 3.8) is 0 Å². The number of methoxy groups -OCH3 is 1. The molecule has 0 aliphatic carbocycles. The average Bonchev–Trinajstić information content (AvgIpc) is 4.09. The van der Waals surface area contributed by atoms with Crippen LogP contribution in [-0.2, 0) is 40.2 Å². The van der Waals surface area contributed by atoms with Crippen LogP contribution >= 0.6 is 0 Å². The van der Waals surface area contributed by atoms with E-state index in [9.17, 15) is 17.6 Å². The number of fused-ring (bicyclic) bond motifs is 2. The first-order chi connectivity index (χ1) is 28.3. The zero-order valence-electron chi connectivity index (χ0n) is 31.0. The molecule has 11 nitrogen and oxygen atoms in total. The van der Waals surface area contributed by atoms with Crippen molar-refractivity contribution >= 4 is 22.1 Å². The molecule has 60 heavy (non-hydrogen) atoms. The van der Waals surface area contributed by atoms with Crippen molar-refractivity contribution in [3.8, 4) is 40.2 Å². The molecule has 0 saturated heterocycles. The largest absolute Gasteiger partial charge is 0.497 e. The van der Waals surface area contributed by atoms with Crippen molar-refractivity contribution in [2.45, 2.75) is 0 Å². The second kappa shape index (κ2) is 21.4. The SMILES string of the molecule is COc1ccnc(-c2[c-]cc(F)cc2F)c1.Fc1c[c-]c(-c2ccccn2)c(F)c1.[Ir].[Ir].c1ccc2[n-]c(-n3cccn3)nc2c1.c1ccc2[n-]c(-n3cccn3)nc2c1. The Morgan fingerprint density at radius 2 is 1.05 bits per heavy atom. The van der Waals surface area contributed by atoms with Crippen LogP contribution in [0.4, 0.5) is 17.6 Å². The summed E-state index contributed by atoms with van der Waals surface area (Å²) < 4.78 is 60.2. The Balaban J connectivity index is 0.000000150. The summed E-state index contributed by atoms with van der Waals surface area (Å²) in [6.07, 6.45) is 10.1. The first kappa shape index (κ1) is 44.5. The number of aromatic nitrogens is 10. The Bertz CT molecular complexity index is 2690. The van der Waals surface area contributed by atoms with Crippen molar-refractivity contribution in [2.75, 3.05) is 7.11 Å². The number of halogens is 4. The summed E-state index contributed by atoms with van der Waals surface area (Å²) in [5, 5.41) is 8.15. The quantitative estimate of drug-likeness (QED) is 0.124. The van der Waals surface area contributed by atoms with E-state index in [0.29, 0.717) is 29.0 Å². The number of pyridine rings is 2. The summed E-state index contributed by atoms with van der Waals surface area (Å²) in [4.78, 5) is 25.3. The standard InChI is InChI=1S/C12H8F2NO.C11H6F2N.2C10H7N4.2Ir/c1-16-9-4-5-15-12(7-9)10-3-2-8(13)6-11(10)14;12-8-4-5-9(10(13)7-8)11-3-1-2-6-14-11;2*1-2-5-9-8(4-1)12-10(13-9)14-7-3-6-11-14;;/h2,4-7H,1H3;1-4,6-7H;2*1-7H;;/q4*-1;;. The molecule has 17 heteroatoms. The van der Waals surface area contributed by atoms with Gasteiger partial charge in [0.25, 0.3) is 0 Å². The van der Waals surface area contributed by atoms with Gasteiger partial charge in [0.2, 0.25) is 0 Å². The molecule has 0 unspecified atom stereocenters. The molecule has 0 atom stereocenters. The molecule has 2 radical (unpaired) electrons. The van der Waals surface area contributed by atoms with E-state index in [1.54, 1.807) is 58.3 Å². The van der Waals surface area contributed by atoms with Crippen LogP contribution in [0, 0.1) is 35.4 Å². The third-order valence-corrected chi connectivity index (χ3v) is 7.92. The van der Waals surface area contributed by atoms with Crippen LogP contribution in [-0.4, -0.2) is 46.6 Å². The molecule has 10 aromatic rings. The predicted octanol–water partition coefficient (Wildman–Crippen LogP) is 8.41. The second-order valence-electron chi connectivity index (χ2n) is 11.8. The van der Waals surface area contributed by atoms with Crippen molar-refractivity contribution < 1.29 is 62.5 Å². The van der Waals surface area contributed by atoms with Gasteiger partial charge in [-0.3, -0.25) is 17.6 Å². The van der Waals surface area contributed by atoms with E-state index in [4.69, 9.17) is 4.74 Å². The summed E-state index contributed by atoms with van der Waals surface area (Å²) in [5.41, 5.74) is 4.72. The Labute approximate surface area is 367 Å². The van der Waals surface area contributed by atoms with Crippen molar-refractivity contribution in [1.29, 1.82) is 0 Å². The summed E-state index contributed by atoms with van der Waals surface area (Å²) >= 11 is 0. The third-order valence-electron chi connectivity index (χ3n) is 7.92. The molecule has 6 aromatic heterocycles. The molecule has 0 spiro atoms. The number of para-hydroxylation sites is 4. The Hall–Kier alpha value is -6.64. The van der Waals surface area contributed by atoms with Crippen molar-refractivity contribution in [3.05, 3.63) is 188 Å². The summed E-state index contributed by atoms with van der Waals surface area (Å²) in [6, 6.07) is 36.4. The van der Waals surface area contributed by atoms with E-state index >= 15 is 0 Å². The minimum atomic E-state index is -0.694. The van der Waals surface area contributed by atoms with Crippen LogP contribution < -0.4 is 14.7 Å². The normalized spacial score (nSPS) is 10.2. The van der Waals surface area contributed by atoms with Crippen LogP contribution in [0.15, 0.2) is 152 Å². The number of nitrogens with zero attached hydrogens (tertiary/aromatic N) is 10. The molecule has 4 aromatic carbocycles. The summed E-state index contributed by atoms with van der Waals surface area (Å²) in [6.45, 7) is 0. The minimum absolute atomic E-state index is 0. The molecule has 0 aliphatic rings. The maximum atomic E-state index is 13.4. The zero-order valence-corrected chi connectivity index (χ0v) is 35.8. The van der Waals surface area contributed by atoms with E-state index in [1.165, 1.54) is 13.3 Å². The number of hydrogen-bond donors (Lipinski definition) is 0. The van der Waals surface area contributed by atoms with Gasteiger partial charge in [0.05, 0.1) is 7.11 Å². The smallest absolute Gasteiger partial charge is 0.113 e. The fraction of sp³-hybridized carbons (Fsp3) is 0.0233. The van der Waals surface area contributed by atoms with E-state index in [0.717, 1.165) is 46.3 Å².